The molecule has 0 saturated heterocycles. The van der Waals surface area contributed by atoms with E-state index in [0.29, 0.717) is 11.8 Å². The molecule has 0 bridgehead atoms. The Kier molecular flexibility index (Phi) is 3.29. The first-order chi connectivity index (χ1) is 5.69. The maximum Gasteiger partial charge on any atom is -0.00426 e. The molecule has 0 aromatic heterocycles. The zero-order valence-electron chi connectivity index (χ0n) is 8.14. The van der Waals surface area contributed by atoms with Crippen molar-refractivity contribution in [3.05, 3.63) is 11.1 Å². The quantitative estimate of drug-likeness (QED) is 0.610. The van der Waals surface area contributed by atoms with Crippen molar-refractivity contribution in [3.63, 3.8) is 0 Å². The van der Waals surface area contributed by atoms with Gasteiger partial charge in [-0.3, -0.25) is 0 Å². The number of nitrogens with two attached hydrogens (primary N) is 2. The Morgan fingerprint density at radius 3 is 1.58 bits per heavy atom. The van der Waals surface area contributed by atoms with E-state index >= 15 is 0 Å². The van der Waals surface area contributed by atoms with Gasteiger partial charge in [0.15, 0.2) is 0 Å². The Bertz CT molecular complexity index is 164. The van der Waals surface area contributed by atoms with E-state index in [-0.39, 0.29) is 0 Å². The molecule has 2 heteroatoms. The highest BCUT2D eigenvalue weighted by Gasteiger charge is 2.24. The second-order valence-corrected chi connectivity index (χ2v) is 3.96. The summed E-state index contributed by atoms with van der Waals surface area (Å²) >= 11 is 0. The van der Waals surface area contributed by atoms with E-state index in [1.165, 1.54) is 11.1 Å². The highest BCUT2D eigenvalue weighted by atomic mass is 14.6. The van der Waals surface area contributed by atoms with Crippen LogP contribution in [0.3, 0.4) is 0 Å². The van der Waals surface area contributed by atoms with Crippen molar-refractivity contribution in [3.8, 4) is 0 Å². The lowest BCUT2D eigenvalue weighted by molar-refractivity contribution is 0.321. The van der Waals surface area contributed by atoms with Crippen molar-refractivity contribution in [2.45, 2.75) is 26.7 Å². The van der Waals surface area contributed by atoms with E-state index in [4.69, 9.17) is 11.5 Å². The van der Waals surface area contributed by atoms with Gasteiger partial charge in [-0.15, -0.1) is 0 Å². The van der Waals surface area contributed by atoms with Crippen LogP contribution in [0.25, 0.3) is 0 Å². The van der Waals surface area contributed by atoms with Crippen molar-refractivity contribution in [1.29, 1.82) is 0 Å². The van der Waals surface area contributed by atoms with Gasteiger partial charge in [0.25, 0.3) is 0 Å². The third kappa shape index (κ3) is 1.87. The average molecular weight is 168 g/mol. The van der Waals surface area contributed by atoms with Crippen LogP contribution >= 0.6 is 0 Å². The second-order valence-electron chi connectivity index (χ2n) is 3.96. The molecule has 1 aliphatic rings. The Balaban J connectivity index is 2.68. The highest BCUT2D eigenvalue weighted by Crippen LogP contribution is 2.32. The summed E-state index contributed by atoms with van der Waals surface area (Å²) in [5.41, 5.74) is 14.4. The standard InChI is InChI=1S/C10H20N2/c1-7-3-9(5-11)10(6-12)4-8(7)2/h9-10H,3-6,11-12H2,1-2H3/t9-,10-/m0/s1. The van der Waals surface area contributed by atoms with E-state index in [2.05, 4.69) is 13.8 Å². The maximum absolute atomic E-state index is 5.70. The first-order valence-electron chi connectivity index (χ1n) is 4.74. The molecule has 0 radical (unpaired) electrons. The first kappa shape index (κ1) is 9.75. The fourth-order valence-electron chi connectivity index (χ4n) is 2.02. The average Bonchev–Trinajstić information content (AvgIpc) is 2.09. The molecule has 0 aromatic rings. The van der Waals surface area contributed by atoms with Crippen LogP contribution in [0.2, 0.25) is 0 Å². The summed E-state index contributed by atoms with van der Waals surface area (Å²) in [6.07, 6.45) is 2.31. The van der Waals surface area contributed by atoms with E-state index in [1.54, 1.807) is 0 Å². The molecule has 0 spiro atoms. The predicted octanol–water partition coefficient (Wildman–Crippen LogP) is 1.27. The Labute approximate surface area is 75.0 Å². The second kappa shape index (κ2) is 4.06. The van der Waals surface area contributed by atoms with Crippen molar-refractivity contribution >= 4 is 0 Å². The van der Waals surface area contributed by atoms with Gasteiger partial charge in [-0.05, 0) is 51.6 Å². The van der Waals surface area contributed by atoms with Crippen LogP contribution < -0.4 is 11.5 Å². The zero-order chi connectivity index (χ0) is 9.14. The van der Waals surface area contributed by atoms with Crippen molar-refractivity contribution in [1.82, 2.24) is 0 Å². The molecule has 0 heterocycles. The summed E-state index contributed by atoms with van der Waals surface area (Å²) in [4.78, 5) is 0. The van der Waals surface area contributed by atoms with Crippen molar-refractivity contribution < 1.29 is 0 Å². The van der Waals surface area contributed by atoms with Gasteiger partial charge in [0.2, 0.25) is 0 Å². The fraction of sp³-hybridized carbons (Fsp3) is 0.800. The molecule has 0 amide bonds. The molecule has 0 aromatic carbocycles. The van der Waals surface area contributed by atoms with Gasteiger partial charge in [0.1, 0.15) is 0 Å². The Hall–Kier alpha value is -0.340. The monoisotopic (exact) mass is 168 g/mol. The van der Waals surface area contributed by atoms with Crippen molar-refractivity contribution in [2.75, 3.05) is 13.1 Å². The van der Waals surface area contributed by atoms with Crippen LogP contribution in [-0.2, 0) is 0 Å². The predicted molar refractivity (Wildman–Crippen MR) is 52.7 cm³/mol. The van der Waals surface area contributed by atoms with Crippen LogP contribution in [0.5, 0.6) is 0 Å². The highest BCUT2D eigenvalue weighted by molar-refractivity contribution is 5.15. The molecule has 70 valence electrons. The largest absolute Gasteiger partial charge is 0.330 e. The lowest BCUT2D eigenvalue weighted by Gasteiger charge is -2.31. The van der Waals surface area contributed by atoms with E-state index < -0.39 is 0 Å². The van der Waals surface area contributed by atoms with Gasteiger partial charge in [-0.25, -0.2) is 0 Å². The fourth-order valence-corrected chi connectivity index (χ4v) is 2.02. The molecular formula is C10H20N2. The summed E-state index contributed by atoms with van der Waals surface area (Å²) in [5, 5.41) is 0. The number of allylic oxidation sites excluding steroid dienone is 2. The first-order valence-corrected chi connectivity index (χ1v) is 4.74. The molecule has 2 atom stereocenters. The van der Waals surface area contributed by atoms with Crippen molar-refractivity contribution in [2.24, 2.45) is 23.3 Å². The molecule has 2 nitrogen and oxygen atoms in total. The van der Waals surface area contributed by atoms with Gasteiger partial charge in [0.05, 0.1) is 0 Å². The molecule has 4 N–H and O–H groups in total. The minimum Gasteiger partial charge on any atom is -0.330 e. The van der Waals surface area contributed by atoms with Gasteiger partial charge in [0, 0.05) is 0 Å². The van der Waals surface area contributed by atoms with Crippen LogP contribution in [0.1, 0.15) is 26.7 Å². The van der Waals surface area contributed by atoms with Crippen LogP contribution in [0.15, 0.2) is 11.1 Å². The van der Waals surface area contributed by atoms with Gasteiger partial charge >= 0.3 is 0 Å². The Morgan fingerprint density at radius 2 is 1.33 bits per heavy atom. The zero-order valence-corrected chi connectivity index (χ0v) is 8.14. The number of hydrogen-bond donors (Lipinski definition) is 2. The molecule has 0 aliphatic heterocycles. The summed E-state index contributed by atoms with van der Waals surface area (Å²) < 4.78 is 0. The van der Waals surface area contributed by atoms with Crippen LogP contribution in [0.4, 0.5) is 0 Å². The van der Waals surface area contributed by atoms with Crippen LogP contribution in [-0.4, -0.2) is 13.1 Å². The van der Waals surface area contributed by atoms with Crippen LogP contribution in [0, 0.1) is 11.8 Å². The Morgan fingerprint density at radius 1 is 1.00 bits per heavy atom. The minimum absolute atomic E-state index is 0.624. The normalized spacial score (nSPS) is 31.0. The lowest BCUT2D eigenvalue weighted by atomic mass is 9.77. The maximum atomic E-state index is 5.70. The summed E-state index contributed by atoms with van der Waals surface area (Å²) in [5.74, 6) is 1.25. The number of hydrogen-bond acceptors (Lipinski definition) is 2. The minimum atomic E-state index is 0.624. The van der Waals surface area contributed by atoms with Gasteiger partial charge < -0.3 is 11.5 Å². The van der Waals surface area contributed by atoms with E-state index in [0.717, 1.165) is 25.9 Å². The molecule has 12 heavy (non-hydrogen) atoms. The lowest BCUT2D eigenvalue weighted by Crippen LogP contribution is -2.32. The van der Waals surface area contributed by atoms with E-state index in [1.807, 2.05) is 0 Å². The summed E-state index contributed by atoms with van der Waals surface area (Å²) in [6.45, 7) is 5.99. The smallest absolute Gasteiger partial charge is 0.00426 e. The summed E-state index contributed by atoms with van der Waals surface area (Å²) in [7, 11) is 0. The summed E-state index contributed by atoms with van der Waals surface area (Å²) in [6, 6.07) is 0. The van der Waals surface area contributed by atoms with E-state index in [9.17, 15) is 0 Å². The molecule has 0 saturated carbocycles. The third-order valence-electron chi connectivity index (χ3n) is 3.14. The topological polar surface area (TPSA) is 52.0 Å². The third-order valence-corrected chi connectivity index (χ3v) is 3.14. The number of rotatable bonds is 2. The molecule has 1 aliphatic carbocycles. The van der Waals surface area contributed by atoms with Gasteiger partial charge in [-0.2, -0.15) is 0 Å². The van der Waals surface area contributed by atoms with Gasteiger partial charge in [-0.1, -0.05) is 11.1 Å². The molecular weight excluding hydrogens is 148 g/mol. The molecule has 1 rings (SSSR count). The molecule has 0 unspecified atom stereocenters. The molecule has 0 fully saturated rings. The SMILES string of the molecule is CC1=C(C)C[C@@H](CN)[C@H](CN)C1.